The topological polar surface area (TPSA) is 85.7 Å². The molecule has 1 heterocycles. The van der Waals surface area contributed by atoms with Crippen molar-refractivity contribution in [2.24, 2.45) is 0 Å². The van der Waals surface area contributed by atoms with Crippen molar-refractivity contribution in [1.29, 1.82) is 5.26 Å². The summed E-state index contributed by atoms with van der Waals surface area (Å²) in [6, 6.07) is 6.83. The lowest BCUT2D eigenvalue weighted by atomic mass is 9.87. The zero-order chi connectivity index (χ0) is 25.5. The van der Waals surface area contributed by atoms with Gasteiger partial charge in [-0.05, 0) is 55.7 Å². The first-order valence-electron chi connectivity index (χ1n) is 10.9. The number of ether oxygens (including phenoxy) is 1. The van der Waals surface area contributed by atoms with Crippen LogP contribution < -0.4 is 15.1 Å². The second kappa shape index (κ2) is 9.19. The first-order chi connectivity index (χ1) is 16.6. The van der Waals surface area contributed by atoms with E-state index >= 15 is 0 Å². The van der Waals surface area contributed by atoms with Gasteiger partial charge >= 0.3 is 12.2 Å². The Morgan fingerprint density at radius 2 is 1.77 bits per heavy atom. The van der Waals surface area contributed by atoms with Crippen LogP contribution in [0.4, 0.5) is 33.7 Å². The molecule has 11 heteroatoms. The maximum absolute atomic E-state index is 14.7. The number of hydrogen-bond acceptors (Lipinski definition) is 4. The highest BCUT2D eigenvalue weighted by molar-refractivity contribution is 6.08. The molecule has 2 aliphatic rings. The van der Waals surface area contributed by atoms with Gasteiger partial charge in [-0.25, -0.2) is 9.18 Å². The summed E-state index contributed by atoms with van der Waals surface area (Å²) >= 11 is 0. The van der Waals surface area contributed by atoms with Crippen molar-refractivity contribution in [3.63, 3.8) is 0 Å². The van der Waals surface area contributed by atoms with E-state index in [0.717, 1.165) is 18.2 Å². The fraction of sp³-hybridized carbons (Fsp3) is 0.375. The SMILES string of the molecule is CNC(=O)c1ccc(N2C(=O)N(c3ccc(C#N)c(C(F)(F)F)c3)[C@H]3CC(OC)CC[C@@H]32)cc1F. The molecule has 184 valence electrons. The molecule has 35 heavy (non-hydrogen) atoms. The van der Waals surface area contributed by atoms with Gasteiger partial charge in [0, 0.05) is 25.5 Å². The van der Waals surface area contributed by atoms with E-state index in [2.05, 4.69) is 5.32 Å². The first-order valence-corrected chi connectivity index (χ1v) is 10.9. The number of fused-ring (bicyclic) bond motifs is 1. The molecule has 0 spiro atoms. The molecule has 1 N–H and O–H groups in total. The van der Waals surface area contributed by atoms with Gasteiger partial charge in [0.15, 0.2) is 0 Å². The van der Waals surface area contributed by atoms with Gasteiger partial charge in [0.1, 0.15) is 5.82 Å². The minimum Gasteiger partial charge on any atom is -0.381 e. The normalized spacial score (nSPS) is 22.1. The number of carbonyl (C=O) groups excluding carboxylic acids is 2. The quantitative estimate of drug-likeness (QED) is 0.642. The van der Waals surface area contributed by atoms with Crippen molar-refractivity contribution in [2.45, 2.75) is 43.6 Å². The smallest absolute Gasteiger partial charge is 0.381 e. The van der Waals surface area contributed by atoms with E-state index in [-0.39, 0.29) is 23.0 Å². The van der Waals surface area contributed by atoms with Gasteiger partial charge < -0.3 is 10.1 Å². The summed E-state index contributed by atoms with van der Waals surface area (Å²) in [5, 5.41) is 11.5. The number of hydrogen-bond donors (Lipinski definition) is 1. The number of nitriles is 1. The molecule has 4 rings (SSSR count). The predicted octanol–water partition coefficient (Wildman–Crippen LogP) is 4.46. The van der Waals surface area contributed by atoms with Crippen LogP contribution in [0.3, 0.4) is 0 Å². The van der Waals surface area contributed by atoms with Crippen LogP contribution in [0.15, 0.2) is 36.4 Å². The lowest BCUT2D eigenvalue weighted by Gasteiger charge is -2.35. The van der Waals surface area contributed by atoms with Gasteiger partial charge in [0.2, 0.25) is 0 Å². The van der Waals surface area contributed by atoms with Crippen LogP contribution in [0, 0.1) is 17.1 Å². The minimum absolute atomic E-state index is 0.0157. The van der Waals surface area contributed by atoms with E-state index in [9.17, 15) is 27.2 Å². The number of urea groups is 1. The Morgan fingerprint density at radius 3 is 2.37 bits per heavy atom. The Bertz CT molecular complexity index is 1210. The van der Waals surface area contributed by atoms with E-state index < -0.39 is 47.1 Å². The third kappa shape index (κ3) is 4.30. The van der Waals surface area contributed by atoms with Gasteiger partial charge in [0.25, 0.3) is 5.91 Å². The first kappa shape index (κ1) is 24.5. The van der Waals surface area contributed by atoms with E-state index in [0.29, 0.717) is 19.3 Å². The monoisotopic (exact) mass is 490 g/mol. The van der Waals surface area contributed by atoms with Crippen LogP contribution in [-0.4, -0.2) is 44.3 Å². The van der Waals surface area contributed by atoms with Crippen LogP contribution in [0.2, 0.25) is 0 Å². The number of amides is 3. The summed E-state index contributed by atoms with van der Waals surface area (Å²) in [4.78, 5) is 28.1. The number of alkyl halides is 3. The van der Waals surface area contributed by atoms with E-state index in [4.69, 9.17) is 10.00 Å². The predicted molar refractivity (Wildman–Crippen MR) is 119 cm³/mol. The number of benzene rings is 2. The molecule has 1 unspecified atom stereocenters. The van der Waals surface area contributed by atoms with Crippen molar-refractivity contribution in [3.8, 4) is 6.07 Å². The molecule has 0 aromatic heterocycles. The zero-order valence-corrected chi connectivity index (χ0v) is 18.9. The van der Waals surface area contributed by atoms with Gasteiger partial charge in [-0.1, -0.05) is 0 Å². The van der Waals surface area contributed by atoms with Crippen LogP contribution in [0.1, 0.15) is 40.7 Å². The number of rotatable bonds is 4. The average molecular weight is 490 g/mol. The van der Waals surface area contributed by atoms with Crippen molar-refractivity contribution in [3.05, 3.63) is 58.9 Å². The van der Waals surface area contributed by atoms with Gasteiger partial charge in [-0.3, -0.25) is 14.6 Å². The standard InChI is InChI=1S/C24H22F4N4O3/c1-30-22(33)17-7-5-15(10-19(17)25)31-20-8-6-16(35-2)11-21(20)32(23(31)34)14-4-3-13(12-29)18(9-14)24(26,27)28/h3-5,7,9-10,16,20-21H,6,8,11H2,1-2H3,(H,30,33)/t16?,20-,21-/m0/s1. The number of carbonyl (C=O) groups is 2. The van der Waals surface area contributed by atoms with E-state index in [1.165, 1.54) is 48.2 Å². The highest BCUT2D eigenvalue weighted by Crippen LogP contribution is 2.42. The molecule has 1 saturated heterocycles. The van der Waals surface area contributed by atoms with Gasteiger partial charge in [-0.2, -0.15) is 18.4 Å². The Kier molecular flexibility index (Phi) is 6.42. The number of anilines is 2. The molecule has 1 aliphatic heterocycles. The molecule has 2 fully saturated rings. The molecule has 7 nitrogen and oxygen atoms in total. The molecule has 3 atom stereocenters. The van der Waals surface area contributed by atoms with Crippen molar-refractivity contribution in [2.75, 3.05) is 24.0 Å². The number of halogens is 4. The zero-order valence-electron chi connectivity index (χ0n) is 18.9. The van der Waals surface area contributed by atoms with E-state index in [1.807, 2.05) is 0 Å². The highest BCUT2D eigenvalue weighted by atomic mass is 19.4. The second-order valence-corrected chi connectivity index (χ2v) is 8.41. The van der Waals surface area contributed by atoms with Gasteiger partial charge in [-0.15, -0.1) is 0 Å². The molecule has 2 aromatic carbocycles. The summed E-state index contributed by atoms with van der Waals surface area (Å²) < 4.78 is 61.0. The molecule has 1 saturated carbocycles. The van der Waals surface area contributed by atoms with Crippen molar-refractivity contribution >= 4 is 23.3 Å². The van der Waals surface area contributed by atoms with Gasteiger partial charge in [0.05, 0.1) is 40.9 Å². The Labute approximate surface area is 198 Å². The Balaban J connectivity index is 1.79. The summed E-state index contributed by atoms with van der Waals surface area (Å²) in [5.41, 5.74) is -1.70. The van der Waals surface area contributed by atoms with Crippen molar-refractivity contribution < 1.29 is 31.9 Å². The summed E-state index contributed by atoms with van der Waals surface area (Å²) in [6.45, 7) is 0. The van der Waals surface area contributed by atoms with Crippen LogP contribution in [0.25, 0.3) is 0 Å². The Hall–Kier alpha value is -3.65. The average Bonchev–Trinajstić information content (AvgIpc) is 3.13. The highest BCUT2D eigenvalue weighted by Gasteiger charge is 2.50. The van der Waals surface area contributed by atoms with E-state index in [1.54, 1.807) is 0 Å². The molecule has 0 bridgehead atoms. The minimum atomic E-state index is -4.79. The lowest BCUT2D eigenvalue weighted by molar-refractivity contribution is -0.137. The molecular formula is C24H22F4N4O3. The maximum Gasteiger partial charge on any atom is 0.417 e. The molecule has 1 aliphatic carbocycles. The fourth-order valence-electron chi connectivity index (χ4n) is 4.88. The van der Waals surface area contributed by atoms with Crippen LogP contribution in [-0.2, 0) is 10.9 Å². The molecular weight excluding hydrogens is 468 g/mol. The fourth-order valence-corrected chi connectivity index (χ4v) is 4.88. The summed E-state index contributed by atoms with van der Waals surface area (Å²) in [5.74, 6) is -1.45. The Morgan fingerprint density at radius 1 is 1.11 bits per heavy atom. The number of nitrogens with zero attached hydrogens (tertiary/aromatic N) is 3. The molecule has 0 radical (unpaired) electrons. The van der Waals surface area contributed by atoms with Crippen molar-refractivity contribution in [1.82, 2.24) is 5.32 Å². The van der Waals surface area contributed by atoms with Crippen LogP contribution >= 0.6 is 0 Å². The number of nitrogens with one attached hydrogen (secondary N) is 1. The second-order valence-electron chi connectivity index (χ2n) is 8.41. The molecule has 3 amide bonds. The summed E-state index contributed by atoms with van der Waals surface area (Å²) in [7, 11) is 2.89. The third-order valence-electron chi connectivity index (χ3n) is 6.55. The largest absolute Gasteiger partial charge is 0.417 e. The summed E-state index contributed by atoms with van der Waals surface area (Å²) in [6.07, 6.45) is -3.55. The lowest BCUT2D eigenvalue weighted by Crippen LogP contribution is -2.44. The number of methoxy groups -OCH3 is 1. The van der Waals surface area contributed by atoms with Crippen LogP contribution in [0.5, 0.6) is 0 Å². The maximum atomic E-state index is 14.7. The third-order valence-corrected chi connectivity index (χ3v) is 6.55. The molecule has 2 aromatic rings.